The van der Waals surface area contributed by atoms with Crippen LogP contribution in [0.5, 0.6) is 17.2 Å². The van der Waals surface area contributed by atoms with Crippen LogP contribution in [0.15, 0.2) is 24.4 Å². The van der Waals surface area contributed by atoms with Gasteiger partial charge in [0.05, 0.1) is 21.3 Å². The standard InChI is InChI=1S/C19H24N4O3/c1-12(2)23-8-6-7-13-11-20-19(22-18(13)23)21-14-9-15(24-3)17(26-5)16(10-14)25-4/h6-7,9-12H,8H2,1-5H3,(H,20,21,22). The van der Waals surface area contributed by atoms with Crippen molar-refractivity contribution in [1.29, 1.82) is 0 Å². The van der Waals surface area contributed by atoms with E-state index in [4.69, 9.17) is 19.2 Å². The summed E-state index contributed by atoms with van der Waals surface area (Å²) in [5.41, 5.74) is 1.77. The molecule has 0 saturated heterocycles. The van der Waals surface area contributed by atoms with Crippen molar-refractivity contribution in [2.75, 3.05) is 38.1 Å². The fraction of sp³-hybridized carbons (Fsp3) is 0.368. The van der Waals surface area contributed by atoms with Crippen molar-refractivity contribution < 1.29 is 14.2 Å². The summed E-state index contributed by atoms with van der Waals surface area (Å²) in [6, 6.07) is 4.00. The lowest BCUT2D eigenvalue weighted by Gasteiger charge is -2.30. The number of ether oxygens (including phenoxy) is 3. The van der Waals surface area contributed by atoms with Crippen molar-refractivity contribution in [1.82, 2.24) is 9.97 Å². The molecule has 1 N–H and O–H groups in total. The van der Waals surface area contributed by atoms with E-state index in [1.165, 1.54) is 0 Å². The number of hydrogen-bond acceptors (Lipinski definition) is 7. The summed E-state index contributed by atoms with van der Waals surface area (Å²) in [6.45, 7) is 5.14. The van der Waals surface area contributed by atoms with E-state index in [-0.39, 0.29) is 0 Å². The monoisotopic (exact) mass is 356 g/mol. The van der Waals surface area contributed by atoms with Crippen LogP contribution in [-0.2, 0) is 0 Å². The largest absolute Gasteiger partial charge is 0.493 e. The molecule has 7 heteroatoms. The van der Waals surface area contributed by atoms with Crippen LogP contribution in [0, 0.1) is 0 Å². The molecule has 1 aromatic carbocycles. The van der Waals surface area contributed by atoms with Gasteiger partial charge in [-0.05, 0) is 13.8 Å². The van der Waals surface area contributed by atoms with E-state index in [9.17, 15) is 0 Å². The lowest BCUT2D eigenvalue weighted by atomic mass is 10.1. The first-order chi connectivity index (χ1) is 12.6. The van der Waals surface area contributed by atoms with Gasteiger partial charge >= 0.3 is 0 Å². The predicted octanol–water partition coefficient (Wildman–Crippen LogP) is 3.49. The third kappa shape index (κ3) is 3.37. The van der Waals surface area contributed by atoms with Gasteiger partial charge in [-0.25, -0.2) is 4.98 Å². The van der Waals surface area contributed by atoms with E-state index in [0.717, 1.165) is 23.6 Å². The van der Waals surface area contributed by atoms with Crippen LogP contribution in [0.25, 0.3) is 6.08 Å². The van der Waals surface area contributed by atoms with E-state index in [1.54, 1.807) is 21.3 Å². The minimum absolute atomic E-state index is 0.350. The minimum atomic E-state index is 0.350. The lowest BCUT2D eigenvalue weighted by molar-refractivity contribution is 0.324. The number of fused-ring (bicyclic) bond motifs is 1. The average molecular weight is 356 g/mol. The summed E-state index contributed by atoms with van der Waals surface area (Å²) in [6.07, 6.45) is 6.00. The summed E-state index contributed by atoms with van der Waals surface area (Å²) in [5, 5.41) is 3.23. The lowest BCUT2D eigenvalue weighted by Crippen LogP contribution is -2.33. The molecule has 2 heterocycles. The Morgan fingerprint density at radius 3 is 2.35 bits per heavy atom. The van der Waals surface area contributed by atoms with Gasteiger partial charge in [0.2, 0.25) is 11.7 Å². The highest BCUT2D eigenvalue weighted by atomic mass is 16.5. The Labute approximate surface area is 153 Å². The highest BCUT2D eigenvalue weighted by molar-refractivity contribution is 5.70. The van der Waals surface area contributed by atoms with Crippen LogP contribution in [-0.4, -0.2) is 43.9 Å². The van der Waals surface area contributed by atoms with Crippen molar-refractivity contribution >= 4 is 23.5 Å². The molecule has 0 amide bonds. The Balaban J connectivity index is 1.95. The van der Waals surface area contributed by atoms with Gasteiger partial charge in [0.15, 0.2) is 11.5 Å². The Hall–Kier alpha value is -2.96. The molecule has 0 unspecified atom stereocenters. The van der Waals surface area contributed by atoms with Crippen molar-refractivity contribution in [3.8, 4) is 17.2 Å². The fourth-order valence-electron chi connectivity index (χ4n) is 2.91. The first-order valence-corrected chi connectivity index (χ1v) is 8.44. The summed E-state index contributed by atoms with van der Waals surface area (Å²) in [5.74, 6) is 3.12. The normalized spacial score (nSPS) is 12.8. The van der Waals surface area contributed by atoms with E-state index < -0.39 is 0 Å². The van der Waals surface area contributed by atoms with Gasteiger partial charge < -0.3 is 24.4 Å². The number of anilines is 3. The number of nitrogens with one attached hydrogen (secondary N) is 1. The molecular formula is C19H24N4O3. The first-order valence-electron chi connectivity index (χ1n) is 8.44. The third-order valence-corrected chi connectivity index (χ3v) is 4.21. The van der Waals surface area contributed by atoms with Crippen molar-refractivity contribution in [3.63, 3.8) is 0 Å². The predicted molar refractivity (Wildman–Crippen MR) is 103 cm³/mol. The topological polar surface area (TPSA) is 68.7 Å². The van der Waals surface area contributed by atoms with Gasteiger partial charge in [-0.1, -0.05) is 12.2 Å². The maximum Gasteiger partial charge on any atom is 0.229 e. The number of hydrogen-bond donors (Lipinski definition) is 1. The molecule has 0 saturated carbocycles. The number of rotatable bonds is 6. The van der Waals surface area contributed by atoms with E-state index in [1.807, 2.05) is 18.3 Å². The van der Waals surface area contributed by atoms with Crippen LogP contribution < -0.4 is 24.4 Å². The van der Waals surface area contributed by atoms with Crippen LogP contribution in [0.2, 0.25) is 0 Å². The van der Waals surface area contributed by atoms with Gasteiger partial charge in [0.1, 0.15) is 5.82 Å². The van der Waals surface area contributed by atoms with E-state index in [0.29, 0.717) is 29.2 Å². The Morgan fingerprint density at radius 1 is 1.08 bits per heavy atom. The molecule has 0 bridgehead atoms. The summed E-state index contributed by atoms with van der Waals surface area (Å²) in [7, 11) is 4.75. The molecule has 3 rings (SSSR count). The quantitative estimate of drug-likeness (QED) is 0.849. The zero-order chi connectivity index (χ0) is 18.7. The molecule has 1 aromatic heterocycles. The highest BCUT2D eigenvalue weighted by Crippen LogP contribution is 2.40. The molecule has 2 aromatic rings. The van der Waals surface area contributed by atoms with E-state index in [2.05, 4.69) is 41.2 Å². The second-order valence-corrected chi connectivity index (χ2v) is 6.16. The van der Waals surface area contributed by atoms with Gasteiger partial charge in [0.25, 0.3) is 0 Å². The molecule has 0 radical (unpaired) electrons. The summed E-state index contributed by atoms with van der Waals surface area (Å²) >= 11 is 0. The minimum Gasteiger partial charge on any atom is -0.493 e. The molecule has 0 atom stereocenters. The van der Waals surface area contributed by atoms with Crippen LogP contribution in [0.1, 0.15) is 19.4 Å². The highest BCUT2D eigenvalue weighted by Gasteiger charge is 2.19. The van der Waals surface area contributed by atoms with Crippen molar-refractivity contribution in [2.45, 2.75) is 19.9 Å². The summed E-state index contributed by atoms with van der Waals surface area (Å²) < 4.78 is 16.1. The van der Waals surface area contributed by atoms with Crippen LogP contribution in [0.4, 0.5) is 17.5 Å². The van der Waals surface area contributed by atoms with Crippen LogP contribution in [0.3, 0.4) is 0 Å². The average Bonchev–Trinajstić information content (AvgIpc) is 2.66. The van der Waals surface area contributed by atoms with E-state index >= 15 is 0 Å². The van der Waals surface area contributed by atoms with Crippen molar-refractivity contribution in [2.24, 2.45) is 0 Å². The third-order valence-electron chi connectivity index (χ3n) is 4.21. The van der Waals surface area contributed by atoms with Crippen LogP contribution >= 0.6 is 0 Å². The Kier molecular flexibility index (Phi) is 5.16. The molecule has 0 aliphatic carbocycles. The van der Waals surface area contributed by atoms with Gasteiger partial charge in [-0.2, -0.15) is 4.98 Å². The van der Waals surface area contributed by atoms with Gasteiger partial charge in [-0.15, -0.1) is 0 Å². The zero-order valence-corrected chi connectivity index (χ0v) is 15.7. The molecule has 1 aliphatic heterocycles. The molecule has 7 nitrogen and oxygen atoms in total. The maximum atomic E-state index is 5.39. The Bertz CT molecular complexity index is 795. The van der Waals surface area contributed by atoms with Gasteiger partial charge in [0, 0.05) is 42.2 Å². The zero-order valence-electron chi connectivity index (χ0n) is 15.7. The molecule has 1 aliphatic rings. The second kappa shape index (κ2) is 7.51. The number of benzene rings is 1. The Morgan fingerprint density at radius 2 is 1.77 bits per heavy atom. The molecular weight excluding hydrogens is 332 g/mol. The number of aromatic nitrogens is 2. The summed E-state index contributed by atoms with van der Waals surface area (Å²) in [4.78, 5) is 11.4. The SMILES string of the molecule is COc1cc(Nc2ncc3c(n2)N(C(C)C)CC=C3)cc(OC)c1OC. The first kappa shape index (κ1) is 17.8. The smallest absolute Gasteiger partial charge is 0.229 e. The number of nitrogens with zero attached hydrogens (tertiary/aromatic N) is 3. The molecule has 0 fully saturated rings. The van der Waals surface area contributed by atoms with Gasteiger partial charge in [-0.3, -0.25) is 0 Å². The second-order valence-electron chi connectivity index (χ2n) is 6.16. The number of methoxy groups -OCH3 is 3. The maximum absolute atomic E-state index is 5.39. The fourth-order valence-corrected chi connectivity index (χ4v) is 2.91. The molecule has 26 heavy (non-hydrogen) atoms. The van der Waals surface area contributed by atoms with Crippen molar-refractivity contribution in [3.05, 3.63) is 30.0 Å². The molecule has 0 spiro atoms. The molecule has 138 valence electrons.